The fraction of sp³-hybridized carbons (Fsp3) is 0.688. The highest BCUT2D eigenvalue weighted by atomic mass is 16.2. The van der Waals surface area contributed by atoms with Crippen molar-refractivity contribution >= 4 is 5.91 Å². The predicted molar refractivity (Wildman–Crippen MR) is 81.9 cm³/mol. The van der Waals surface area contributed by atoms with Crippen molar-refractivity contribution in [1.29, 1.82) is 5.26 Å². The van der Waals surface area contributed by atoms with Gasteiger partial charge in [-0.15, -0.1) is 0 Å². The first-order valence-corrected chi connectivity index (χ1v) is 8.04. The molecule has 0 radical (unpaired) electrons. The van der Waals surface area contributed by atoms with Gasteiger partial charge in [0, 0.05) is 24.9 Å². The van der Waals surface area contributed by atoms with Crippen molar-refractivity contribution in [2.45, 2.75) is 44.1 Å². The Morgan fingerprint density at radius 2 is 2.41 bits per heavy atom. The standard InChI is InChI=1S/C16H23N5O/c1-16(11-17,13-4-5-13)20-14(22)10-21-8-2-3-12(9-21)15-18-6-7-19-15/h6-7,12-13H,2-5,8-10H2,1H3,(H,18,19)(H,20,22)/t12-,16-/m0/s1. The third kappa shape index (κ3) is 3.30. The van der Waals surface area contributed by atoms with Gasteiger partial charge in [0.2, 0.25) is 5.91 Å². The molecule has 118 valence electrons. The van der Waals surface area contributed by atoms with E-state index in [4.69, 9.17) is 0 Å². The van der Waals surface area contributed by atoms with Crippen molar-refractivity contribution in [3.8, 4) is 6.07 Å². The normalized spacial score (nSPS) is 25.2. The summed E-state index contributed by atoms with van der Waals surface area (Å²) in [5.41, 5.74) is -0.701. The Morgan fingerprint density at radius 3 is 3.05 bits per heavy atom. The highest BCUT2D eigenvalue weighted by Gasteiger charge is 2.43. The molecule has 0 spiro atoms. The Balaban J connectivity index is 1.54. The van der Waals surface area contributed by atoms with Gasteiger partial charge in [-0.2, -0.15) is 5.26 Å². The van der Waals surface area contributed by atoms with Gasteiger partial charge in [-0.25, -0.2) is 4.98 Å². The van der Waals surface area contributed by atoms with Crippen LogP contribution in [0.2, 0.25) is 0 Å². The number of hydrogen-bond donors (Lipinski definition) is 2. The average Bonchev–Trinajstić information content (AvgIpc) is 3.23. The van der Waals surface area contributed by atoms with Crippen LogP contribution in [-0.4, -0.2) is 45.9 Å². The molecular weight excluding hydrogens is 278 g/mol. The molecule has 2 atom stereocenters. The fourth-order valence-electron chi connectivity index (χ4n) is 3.34. The first-order valence-electron chi connectivity index (χ1n) is 8.04. The van der Waals surface area contributed by atoms with Crippen LogP contribution < -0.4 is 5.32 Å². The second-order valence-corrected chi connectivity index (χ2v) is 6.69. The largest absolute Gasteiger partial charge is 0.348 e. The summed E-state index contributed by atoms with van der Waals surface area (Å²) in [6.45, 7) is 3.97. The number of carbonyl (C=O) groups is 1. The minimum absolute atomic E-state index is 0.0453. The van der Waals surface area contributed by atoms with Crippen molar-refractivity contribution in [3.63, 3.8) is 0 Å². The minimum Gasteiger partial charge on any atom is -0.348 e. The molecule has 1 amide bonds. The Labute approximate surface area is 130 Å². The third-order valence-corrected chi connectivity index (χ3v) is 4.80. The molecule has 1 aromatic rings. The molecule has 2 aliphatic rings. The van der Waals surface area contributed by atoms with Crippen LogP contribution in [0.3, 0.4) is 0 Å². The molecule has 0 aromatic carbocycles. The number of nitriles is 1. The van der Waals surface area contributed by atoms with Crippen LogP contribution in [-0.2, 0) is 4.79 Å². The topological polar surface area (TPSA) is 84.8 Å². The summed E-state index contributed by atoms with van der Waals surface area (Å²) in [4.78, 5) is 21.9. The lowest BCUT2D eigenvalue weighted by Crippen LogP contribution is -2.51. The number of rotatable bonds is 5. The fourth-order valence-corrected chi connectivity index (χ4v) is 3.34. The first kappa shape index (κ1) is 15.0. The second-order valence-electron chi connectivity index (χ2n) is 6.69. The molecule has 1 aliphatic carbocycles. The molecule has 6 nitrogen and oxygen atoms in total. The Morgan fingerprint density at radius 1 is 1.59 bits per heavy atom. The molecule has 6 heteroatoms. The summed E-state index contributed by atoms with van der Waals surface area (Å²) in [7, 11) is 0. The zero-order valence-corrected chi connectivity index (χ0v) is 13.0. The third-order valence-electron chi connectivity index (χ3n) is 4.80. The molecule has 1 saturated carbocycles. The van der Waals surface area contributed by atoms with Gasteiger partial charge in [0.25, 0.3) is 0 Å². The zero-order chi connectivity index (χ0) is 15.6. The summed E-state index contributed by atoms with van der Waals surface area (Å²) in [6.07, 6.45) is 7.85. The van der Waals surface area contributed by atoms with Gasteiger partial charge in [-0.05, 0) is 45.1 Å². The van der Waals surface area contributed by atoms with Gasteiger partial charge in [0.1, 0.15) is 11.4 Å². The minimum atomic E-state index is -0.701. The van der Waals surface area contributed by atoms with Crippen LogP contribution in [0, 0.1) is 17.2 Å². The molecule has 0 bridgehead atoms. The second kappa shape index (κ2) is 6.09. The number of hydrogen-bond acceptors (Lipinski definition) is 4. The van der Waals surface area contributed by atoms with E-state index in [1.165, 1.54) is 0 Å². The maximum Gasteiger partial charge on any atom is 0.235 e. The Hall–Kier alpha value is -1.87. The van der Waals surface area contributed by atoms with Gasteiger partial charge in [0.15, 0.2) is 0 Å². The van der Waals surface area contributed by atoms with E-state index in [1.807, 2.05) is 13.1 Å². The molecule has 0 unspecified atom stereocenters. The van der Waals surface area contributed by atoms with Crippen molar-refractivity contribution in [3.05, 3.63) is 18.2 Å². The van der Waals surface area contributed by atoms with E-state index < -0.39 is 5.54 Å². The molecule has 1 aliphatic heterocycles. The monoisotopic (exact) mass is 301 g/mol. The maximum absolute atomic E-state index is 12.3. The number of piperidine rings is 1. The molecule has 22 heavy (non-hydrogen) atoms. The SMILES string of the molecule is C[C@@](C#N)(NC(=O)CN1CCC[C@H](c2ncc[nH]2)C1)C1CC1. The Kier molecular flexibility index (Phi) is 4.16. The summed E-state index contributed by atoms with van der Waals surface area (Å²) in [6, 6.07) is 2.27. The maximum atomic E-state index is 12.3. The van der Waals surface area contributed by atoms with Crippen LogP contribution >= 0.6 is 0 Å². The summed E-state index contributed by atoms with van der Waals surface area (Å²) < 4.78 is 0. The number of amides is 1. The van der Waals surface area contributed by atoms with E-state index in [0.717, 1.165) is 44.6 Å². The summed E-state index contributed by atoms with van der Waals surface area (Å²) in [5, 5.41) is 12.3. The van der Waals surface area contributed by atoms with E-state index in [1.54, 1.807) is 6.20 Å². The lowest BCUT2D eigenvalue weighted by Gasteiger charge is -2.32. The molecule has 2 heterocycles. The van der Waals surface area contributed by atoms with E-state index in [2.05, 4.69) is 26.3 Å². The van der Waals surface area contributed by atoms with Gasteiger partial charge < -0.3 is 10.3 Å². The number of carbonyl (C=O) groups excluding carboxylic acids is 1. The van der Waals surface area contributed by atoms with Crippen LogP contribution in [0.1, 0.15) is 44.3 Å². The number of H-pyrrole nitrogens is 1. The highest BCUT2D eigenvalue weighted by Crippen LogP contribution is 2.39. The lowest BCUT2D eigenvalue weighted by molar-refractivity contribution is -0.124. The van der Waals surface area contributed by atoms with Crippen LogP contribution in [0.4, 0.5) is 0 Å². The molecule has 1 aromatic heterocycles. The van der Waals surface area contributed by atoms with Gasteiger partial charge in [0.05, 0.1) is 12.6 Å². The number of nitrogens with zero attached hydrogens (tertiary/aromatic N) is 3. The van der Waals surface area contributed by atoms with Crippen molar-refractivity contribution in [1.82, 2.24) is 20.2 Å². The van der Waals surface area contributed by atoms with Gasteiger partial charge >= 0.3 is 0 Å². The van der Waals surface area contributed by atoms with Crippen molar-refractivity contribution in [2.75, 3.05) is 19.6 Å². The quantitative estimate of drug-likeness (QED) is 0.861. The van der Waals surface area contributed by atoms with Crippen LogP contribution in [0.25, 0.3) is 0 Å². The average molecular weight is 301 g/mol. The molecule has 1 saturated heterocycles. The van der Waals surface area contributed by atoms with Crippen LogP contribution in [0.15, 0.2) is 12.4 Å². The van der Waals surface area contributed by atoms with Gasteiger partial charge in [-0.3, -0.25) is 9.69 Å². The molecular formula is C16H23N5O. The smallest absolute Gasteiger partial charge is 0.235 e. The van der Waals surface area contributed by atoms with E-state index in [-0.39, 0.29) is 5.91 Å². The van der Waals surface area contributed by atoms with E-state index >= 15 is 0 Å². The van der Waals surface area contributed by atoms with E-state index in [9.17, 15) is 10.1 Å². The first-order chi connectivity index (χ1) is 10.6. The number of aromatic nitrogens is 2. The zero-order valence-electron chi connectivity index (χ0n) is 13.0. The lowest BCUT2D eigenvalue weighted by atomic mass is 9.96. The van der Waals surface area contributed by atoms with Crippen molar-refractivity contribution in [2.24, 2.45) is 5.92 Å². The van der Waals surface area contributed by atoms with E-state index in [0.29, 0.717) is 18.4 Å². The molecule has 3 rings (SSSR count). The van der Waals surface area contributed by atoms with Gasteiger partial charge in [-0.1, -0.05) is 0 Å². The van der Waals surface area contributed by atoms with Crippen LogP contribution in [0.5, 0.6) is 0 Å². The number of likely N-dealkylation sites (tertiary alicyclic amines) is 1. The predicted octanol–water partition coefficient (Wildman–Crippen LogP) is 1.40. The number of aromatic amines is 1. The number of imidazole rings is 1. The summed E-state index contributed by atoms with van der Waals surface area (Å²) in [5.74, 6) is 1.64. The van der Waals surface area contributed by atoms with Crippen molar-refractivity contribution < 1.29 is 4.79 Å². The Bertz CT molecular complexity index is 560. The molecule has 2 N–H and O–H groups in total. The number of nitrogens with one attached hydrogen (secondary N) is 2. The highest BCUT2D eigenvalue weighted by molar-refractivity contribution is 5.79. The molecule has 2 fully saturated rings. The summed E-state index contributed by atoms with van der Waals surface area (Å²) >= 11 is 0.